The predicted molar refractivity (Wildman–Crippen MR) is 82.1 cm³/mol. The first-order chi connectivity index (χ1) is 11.1. The van der Waals surface area contributed by atoms with Gasteiger partial charge < -0.3 is 14.7 Å². The number of methoxy groups -OCH3 is 1. The summed E-state index contributed by atoms with van der Waals surface area (Å²) in [5.41, 5.74) is 2.12. The molecule has 0 saturated carbocycles. The third-order valence-electron chi connectivity index (χ3n) is 3.99. The highest BCUT2D eigenvalue weighted by molar-refractivity contribution is 5.86. The highest BCUT2D eigenvalue weighted by Crippen LogP contribution is 2.24. The van der Waals surface area contributed by atoms with Gasteiger partial charge in [0.25, 0.3) is 0 Å². The van der Waals surface area contributed by atoms with Crippen molar-refractivity contribution in [2.75, 3.05) is 25.1 Å². The Labute approximate surface area is 133 Å². The van der Waals surface area contributed by atoms with Crippen LogP contribution in [0.1, 0.15) is 21.9 Å². The second-order valence-corrected chi connectivity index (χ2v) is 5.73. The molecule has 0 amide bonds. The summed E-state index contributed by atoms with van der Waals surface area (Å²) in [7, 11) is 1.30. The van der Waals surface area contributed by atoms with E-state index in [1.54, 1.807) is 0 Å². The maximum absolute atomic E-state index is 11.4. The van der Waals surface area contributed by atoms with Crippen LogP contribution >= 0.6 is 0 Å². The minimum Gasteiger partial charge on any atom is -0.464 e. The quantitative estimate of drug-likeness (QED) is 0.783. The Hall–Kier alpha value is -2.48. The number of β-amino-alcohol motifs (C(OH)–C–C–N with tert-alkyl or cyclic N) is 1. The minimum absolute atomic E-state index is 0.0831. The average Bonchev–Trinajstić information content (AvgIpc) is 3.13. The van der Waals surface area contributed by atoms with Crippen molar-refractivity contribution in [1.82, 2.24) is 20.2 Å². The van der Waals surface area contributed by atoms with Crippen molar-refractivity contribution in [1.29, 1.82) is 0 Å². The van der Waals surface area contributed by atoms with Crippen LogP contribution in [0.4, 0.5) is 5.82 Å². The summed E-state index contributed by atoms with van der Waals surface area (Å²) in [4.78, 5) is 21.6. The molecular formula is C15H19N5O3. The van der Waals surface area contributed by atoms with Crippen molar-refractivity contribution in [3.63, 3.8) is 0 Å². The molecular weight excluding hydrogens is 298 g/mol. The van der Waals surface area contributed by atoms with Gasteiger partial charge in [-0.2, -0.15) is 5.10 Å². The van der Waals surface area contributed by atoms with E-state index in [-0.39, 0.29) is 11.6 Å². The number of aryl methyl sites for hydroxylation is 1. The molecule has 2 N–H and O–H groups in total. The van der Waals surface area contributed by atoms with Crippen LogP contribution in [0.2, 0.25) is 0 Å². The number of nitrogens with one attached hydrogen (secondary N) is 1. The van der Waals surface area contributed by atoms with Crippen LogP contribution in [0.25, 0.3) is 0 Å². The molecule has 0 radical (unpaired) electrons. The van der Waals surface area contributed by atoms with Crippen molar-refractivity contribution >= 4 is 11.8 Å². The molecule has 0 aromatic carbocycles. The van der Waals surface area contributed by atoms with Gasteiger partial charge in [-0.15, -0.1) is 0 Å². The molecule has 8 nitrogen and oxygen atoms in total. The van der Waals surface area contributed by atoms with Crippen molar-refractivity contribution in [3.05, 3.63) is 35.5 Å². The zero-order valence-electron chi connectivity index (χ0n) is 13.1. The molecule has 1 saturated heterocycles. The molecule has 23 heavy (non-hydrogen) atoms. The van der Waals surface area contributed by atoms with Gasteiger partial charge in [-0.25, -0.2) is 14.8 Å². The van der Waals surface area contributed by atoms with Crippen LogP contribution in [0, 0.1) is 12.8 Å². The molecule has 2 atom stereocenters. The summed E-state index contributed by atoms with van der Waals surface area (Å²) < 4.78 is 4.60. The molecule has 3 heterocycles. The number of aliphatic hydroxyl groups is 1. The molecule has 122 valence electrons. The fourth-order valence-electron chi connectivity index (χ4n) is 2.78. The van der Waals surface area contributed by atoms with Crippen LogP contribution < -0.4 is 4.90 Å². The zero-order chi connectivity index (χ0) is 16.4. The first-order valence-corrected chi connectivity index (χ1v) is 7.41. The number of aliphatic hydroxyl groups excluding tert-OH is 1. The fraction of sp³-hybridized carbons (Fsp3) is 0.467. The summed E-state index contributed by atoms with van der Waals surface area (Å²) in [5.74, 6) is 0.203. The zero-order valence-corrected chi connectivity index (χ0v) is 13.1. The molecule has 8 heteroatoms. The molecule has 3 rings (SSSR count). The molecule has 1 fully saturated rings. The maximum atomic E-state index is 11.4. The monoisotopic (exact) mass is 317 g/mol. The molecule has 1 aliphatic rings. The van der Waals surface area contributed by atoms with Crippen LogP contribution in [-0.4, -0.2) is 57.5 Å². The largest absolute Gasteiger partial charge is 0.464 e. The molecule has 2 aromatic rings. The SMILES string of the molecule is COC(=O)c1cnc(N2C[C@@H](Cc3cc(C)[nH]n3)[C@H](O)C2)cn1. The number of esters is 1. The number of aromatic nitrogens is 4. The first kappa shape index (κ1) is 15.4. The Morgan fingerprint density at radius 3 is 2.87 bits per heavy atom. The lowest BCUT2D eigenvalue weighted by Crippen LogP contribution is -2.22. The van der Waals surface area contributed by atoms with Gasteiger partial charge in [0.1, 0.15) is 5.82 Å². The lowest BCUT2D eigenvalue weighted by molar-refractivity contribution is 0.0593. The van der Waals surface area contributed by atoms with Crippen molar-refractivity contribution in [2.45, 2.75) is 19.4 Å². The van der Waals surface area contributed by atoms with Crippen LogP contribution in [0.15, 0.2) is 18.5 Å². The van der Waals surface area contributed by atoms with Gasteiger partial charge in [0.15, 0.2) is 5.69 Å². The third-order valence-corrected chi connectivity index (χ3v) is 3.99. The molecule has 0 unspecified atom stereocenters. The molecule has 0 aliphatic carbocycles. The van der Waals surface area contributed by atoms with E-state index in [2.05, 4.69) is 24.9 Å². The number of hydrogen-bond acceptors (Lipinski definition) is 7. The number of carbonyl (C=O) groups is 1. The van der Waals surface area contributed by atoms with Crippen molar-refractivity contribution < 1.29 is 14.6 Å². The Kier molecular flexibility index (Phi) is 4.24. The van der Waals surface area contributed by atoms with E-state index in [1.807, 2.05) is 17.9 Å². The van der Waals surface area contributed by atoms with E-state index in [0.29, 0.717) is 25.3 Å². The van der Waals surface area contributed by atoms with E-state index in [0.717, 1.165) is 11.4 Å². The summed E-state index contributed by atoms with van der Waals surface area (Å²) >= 11 is 0. The molecule has 0 bridgehead atoms. The van der Waals surface area contributed by atoms with E-state index in [1.165, 1.54) is 19.5 Å². The fourth-order valence-corrected chi connectivity index (χ4v) is 2.78. The lowest BCUT2D eigenvalue weighted by Gasteiger charge is -2.16. The van der Waals surface area contributed by atoms with Crippen LogP contribution in [0.3, 0.4) is 0 Å². The number of anilines is 1. The van der Waals surface area contributed by atoms with Gasteiger partial charge in [0, 0.05) is 24.7 Å². The Bertz CT molecular complexity index is 685. The lowest BCUT2D eigenvalue weighted by atomic mass is 10.0. The summed E-state index contributed by atoms with van der Waals surface area (Å²) in [6.45, 7) is 3.10. The number of rotatable bonds is 4. The highest BCUT2D eigenvalue weighted by Gasteiger charge is 2.32. The summed E-state index contributed by atoms with van der Waals surface area (Å²) in [5, 5.41) is 17.4. The predicted octanol–water partition coefficient (Wildman–Crippen LogP) is 0.335. The number of hydrogen-bond donors (Lipinski definition) is 2. The normalized spacial score (nSPS) is 20.7. The van der Waals surface area contributed by atoms with Gasteiger partial charge in [-0.3, -0.25) is 5.10 Å². The van der Waals surface area contributed by atoms with E-state index in [9.17, 15) is 9.90 Å². The Morgan fingerprint density at radius 2 is 2.26 bits per heavy atom. The van der Waals surface area contributed by atoms with Crippen molar-refractivity contribution in [3.8, 4) is 0 Å². The number of carbonyl (C=O) groups excluding carboxylic acids is 1. The van der Waals surface area contributed by atoms with Crippen LogP contribution in [-0.2, 0) is 11.2 Å². The minimum atomic E-state index is -0.516. The van der Waals surface area contributed by atoms with Gasteiger partial charge in [0.05, 0.1) is 31.3 Å². The smallest absolute Gasteiger partial charge is 0.358 e. The third kappa shape index (κ3) is 3.31. The second kappa shape index (κ2) is 6.33. The highest BCUT2D eigenvalue weighted by atomic mass is 16.5. The number of H-pyrrole nitrogens is 1. The average molecular weight is 317 g/mol. The number of aromatic amines is 1. The summed E-state index contributed by atoms with van der Waals surface area (Å²) in [6, 6.07) is 1.99. The Morgan fingerprint density at radius 1 is 1.43 bits per heavy atom. The van der Waals surface area contributed by atoms with Gasteiger partial charge in [-0.05, 0) is 19.4 Å². The first-order valence-electron chi connectivity index (χ1n) is 7.41. The molecule has 0 spiro atoms. The molecule has 2 aromatic heterocycles. The second-order valence-electron chi connectivity index (χ2n) is 5.73. The van der Waals surface area contributed by atoms with Crippen LogP contribution in [0.5, 0.6) is 0 Å². The van der Waals surface area contributed by atoms with Gasteiger partial charge in [0.2, 0.25) is 0 Å². The maximum Gasteiger partial charge on any atom is 0.358 e. The topological polar surface area (TPSA) is 104 Å². The van der Waals surface area contributed by atoms with E-state index >= 15 is 0 Å². The Balaban J connectivity index is 1.67. The standard InChI is InChI=1S/C15H19N5O3/c1-9-3-11(19-18-9)4-10-7-20(8-13(10)21)14-6-16-12(5-17-14)15(22)23-2/h3,5-6,10,13,21H,4,7-8H2,1-2H3,(H,18,19)/t10-,13-/m1/s1. The van der Waals surface area contributed by atoms with Gasteiger partial charge in [-0.1, -0.05) is 0 Å². The number of ether oxygens (including phenoxy) is 1. The summed E-state index contributed by atoms with van der Waals surface area (Å²) in [6.07, 6.45) is 3.17. The number of nitrogens with zero attached hydrogens (tertiary/aromatic N) is 4. The van der Waals surface area contributed by atoms with E-state index < -0.39 is 12.1 Å². The van der Waals surface area contributed by atoms with E-state index in [4.69, 9.17) is 0 Å². The van der Waals surface area contributed by atoms with Crippen molar-refractivity contribution in [2.24, 2.45) is 5.92 Å². The molecule has 1 aliphatic heterocycles. The van der Waals surface area contributed by atoms with Gasteiger partial charge >= 0.3 is 5.97 Å².